The number of carboxylic acid groups (broad SMARTS) is 1. The number of aromatic hydroxyl groups is 1. The van der Waals surface area contributed by atoms with E-state index < -0.39 is 60.2 Å². The van der Waals surface area contributed by atoms with E-state index in [9.17, 15) is 34.2 Å². The lowest BCUT2D eigenvalue weighted by Gasteiger charge is -2.25. The maximum absolute atomic E-state index is 13.6. The molecule has 2 aromatic carbocycles. The largest absolute Gasteiger partial charge is 0.508 e. The highest BCUT2D eigenvalue weighted by Crippen LogP contribution is 2.19. The monoisotopic (exact) mass is 637 g/mol. The number of hydrogen-bond donors (Lipinski definition) is 10. The second-order valence-corrected chi connectivity index (χ2v) is 10.7. The van der Waals surface area contributed by atoms with Crippen LogP contribution >= 0.6 is 0 Å². The lowest BCUT2D eigenvalue weighted by atomic mass is 10.0. The van der Waals surface area contributed by atoms with Crippen LogP contribution in [0, 0.1) is 0 Å². The maximum atomic E-state index is 13.6. The average molecular weight is 638 g/mol. The minimum absolute atomic E-state index is 0.0336. The fourth-order valence-corrected chi connectivity index (χ4v) is 4.70. The summed E-state index contributed by atoms with van der Waals surface area (Å²) in [5, 5.41) is 27.5. The van der Waals surface area contributed by atoms with E-state index in [1.54, 1.807) is 6.20 Å². The Bertz CT molecular complexity index is 1570. The Labute approximate surface area is 264 Å². The number of primary amides is 1. The van der Waals surface area contributed by atoms with Crippen LogP contribution in [0.5, 0.6) is 5.75 Å². The van der Waals surface area contributed by atoms with E-state index in [0.717, 1.165) is 16.5 Å². The van der Waals surface area contributed by atoms with Crippen molar-refractivity contribution in [2.24, 2.45) is 27.9 Å². The van der Waals surface area contributed by atoms with Crippen LogP contribution in [0.4, 0.5) is 0 Å². The van der Waals surface area contributed by atoms with Crippen molar-refractivity contribution < 1.29 is 34.2 Å². The summed E-state index contributed by atoms with van der Waals surface area (Å²) in [6.45, 7) is 0.147. The number of aliphatic imine (C=N–C) groups is 1. The fraction of sp³-hybridized carbons (Fsp3) is 0.333. The lowest BCUT2D eigenvalue weighted by molar-refractivity contribution is -0.143. The number of rotatable bonds is 17. The third-order valence-corrected chi connectivity index (χ3v) is 7.06. The number of nitrogens with zero attached hydrogens (tertiary/aromatic N) is 1. The molecule has 0 saturated carbocycles. The number of aromatic amines is 1. The van der Waals surface area contributed by atoms with Crippen LogP contribution in [-0.4, -0.2) is 81.5 Å². The molecule has 16 nitrogen and oxygen atoms in total. The molecule has 4 amide bonds. The zero-order valence-electron chi connectivity index (χ0n) is 24.9. The molecule has 14 N–H and O–H groups in total. The minimum atomic E-state index is -1.65. The average Bonchev–Trinajstić information content (AvgIpc) is 3.40. The molecule has 3 aromatic rings. The number of carboxylic acids is 1. The number of nitrogens with one attached hydrogen (secondary N) is 4. The van der Waals surface area contributed by atoms with Gasteiger partial charge in [0.25, 0.3) is 0 Å². The maximum Gasteiger partial charge on any atom is 0.326 e. The summed E-state index contributed by atoms with van der Waals surface area (Å²) in [6.07, 6.45) is 1.44. The third kappa shape index (κ3) is 10.5. The van der Waals surface area contributed by atoms with E-state index in [-0.39, 0.29) is 43.9 Å². The van der Waals surface area contributed by atoms with Crippen LogP contribution in [0.1, 0.15) is 30.4 Å². The van der Waals surface area contributed by atoms with Gasteiger partial charge in [0.05, 0.1) is 12.5 Å². The van der Waals surface area contributed by atoms with Crippen molar-refractivity contribution in [1.82, 2.24) is 20.9 Å². The van der Waals surface area contributed by atoms with Gasteiger partial charge in [-0.1, -0.05) is 30.3 Å². The van der Waals surface area contributed by atoms with E-state index in [0.29, 0.717) is 5.56 Å². The highest BCUT2D eigenvalue weighted by molar-refractivity contribution is 5.95. The Morgan fingerprint density at radius 3 is 2.11 bits per heavy atom. The van der Waals surface area contributed by atoms with Crippen molar-refractivity contribution in [1.29, 1.82) is 0 Å². The topological polar surface area (TPSA) is 294 Å². The zero-order valence-corrected chi connectivity index (χ0v) is 24.9. The van der Waals surface area contributed by atoms with Crippen molar-refractivity contribution in [3.63, 3.8) is 0 Å². The Kier molecular flexibility index (Phi) is 12.5. The predicted octanol–water partition coefficient (Wildman–Crippen LogP) is -1.55. The molecule has 1 aromatic heterocycles. The molecule has 4 unspecified atom stereocenters. The third-order valence-electron chi connectivity index (χ3n) is 7.06. The van der Waals surface area contributed by atoms with Gasteiger partial charge in [0, 0.05) is 30.1 Å². The first-order chi connectivity index (χ1) is 21.8. The van der Waals surface area contributed by atoms with Crippen LogP contribution in [0.15, 0.2) is 59.7 Å². The van der Waals surface area contributed by atoms with Gasteiger partial charge in [-0.05, 0) is 48.6 Å². The van der Waals surface area contributed by atoms with Gasteiger partial charge in [0.1, 0.15) is 23.9 Å². The molecule has 0 aliphatic carbocycles. The second kappa shape index (κ2) is 16.4. The van der Waals surface area contributed by atoms with Crippen LogP contribution in [0.25, 0.3) is 10.9 Å². The molecule has 4 atom stereocenters. The quantitative estimate of drug-likeness (QED) is 0.0462. The van der Waals surface area contributed by atoms with E-state index in [1.807, 2.05) is 24.3 Å². The first-order valence-electron chi connectivity index (χ1n) is 14.4. The second-order valence-electron chi connectivity index (χ2n) is 10.7. The number of carbonyl (C=O) groups excluding carboxylic acids is 4. The molecule has 0 radical (unpaired) electrons. The Balaban J connectivity index is 1.81. The Hall–Kier alpha value is -5.64. The number of nitrogens with two attached hydrogens (primary N) is 4. The van der Waals surface area contributed by atoms with Gasteiger partial charge in [-0.3, -0.25) is 24.2 Å². The number of para-hydroxylation sites is 1. The summed E-state index contributed by atoms with van der Waals surface area (Å²) in [7, 11) is 0. The number of phenolic OH excluding ortho intramolecular Hbond substituents is 1. The van der Waals surface area contributed by atoms with Crippen LogP contribution < -0.4 is 38.9 Å². The van der Waals surface area contributed by atoms with Gasteiger partial charge >= 0.3 is 5.97 Å². The molecular formula is C30H39N9O7. The van der Waals surface area contributed by atoms with E-state index in [2.05, 4.69) is 25.9 Å². The smallest absolute Gasteiger partial charge is 0.326 e. The Morgan fingerprint density at radius 1 is 0.826 bits per heavy atom. The molecule has 0 aliphatic heterocycles. The summed E-state index contributed by atoms with van der Waals surface area (Å²) >= 11 is 0. The normalized spacial score (nSPS) is 13.5. The van der Waals surface area contributed by atoms with Gasteiger partial charge < -0.3 is 54.1 Å². The minimum Gasteiger partial charge on any atom is -0.508 e. The Morgan fingerprint density at radius 2 is 1.46 bits per heavy atom. The first-order valence-corrected chi connectivity index (χ1v) is 14.4. The number of carbonyl (C=O) groups is 5. The number of aliphatic carboxylic acids is 1. The number of fused-ring (bicyclic) bond motifs is 1. The summed E-state index contributed by atoms with van der Waals surface area (Å²) in [6, 6.07) is 8.06. The molecular weight excluding hydrogens is 598 g/mol. The number of benzene rings is 2. The highest BCUT2D eigenvalue weighted by Gasteiger charge is 2.31. The number of amides is 4. The van der Waals surface area contributed by atoms with E-state index in [1.165, 1.54) is 24.3 Å². The molecule has 0 fully saturated rings. The SMILES string of the molecule is NC(=O)CC(NC(=O)C(Cc1ccc(O)cc1)NC(=O)C(CCCN=C(N)N)NC(=O)C(N)Cc1c[nH]c2ccccc12)C(=O)O. The number of aromatic nitrogens is 1. The van der Waals surface area contributed by atoms with Gasteiger partial charge in [-0.25, -0.2) is 4.79 Å². The summed E-state index contributed by atoms with van der Waals surface area (Å²) in [5.41, 5.74) is 24.4. The highest BCUT2D eigenvalue weighted by atomic mass is 16.4. The number of H-pyrrole nitrogens is 1. The molecule has 0 saturated heterocycles. The zero-order chi connectivity index (χ0) is 33.8. The van der Waals surface area contributed by atoms with Crippen LogP contribution in [0.2, 0.25) is 0 Å². The van der Waals surface area contributed by atoms with Crippen LogP contribution in [-0.2, 0) is 36.8 Å². The number of phenols is 1. The number of guanidine groups is 1. The van der Waals surface area contributed by atoms with Crippen molar-refractivity contribution in [2.75, 3.05) is 6.54 Å². The summed E-state index contributed by atoms with van der Waals surface area (Å²) < 4.78 is 0. The van der Waals surface area contributed by atoms with E-state index in [4.69, 9.17) is 22.9 Å². The van der Waals surface area contributed by atoms with Crippen molar-refractivity contribution in [3.05, 3.63) is 65.9 Å². The molecule has 246 valence electrons. The van der Waals surface area contributed by atoms with Crippen molar-refractivity contribution >= 4 is 46.5 Å². The fourth-order valence-electron chi connectivity index (χ4n) is 4.70. The summed E-state index contributed by atoms with van der Waals surface area (Å²) in [5.74, 6) is -4.96. The van der Waals surface area contributed by atoms with Crippen molar-refractivity contribution in [3.8, 4) is 5.75 Å². The molecule has 0 aliphatic rings. The lowest BCUT2D eigenvalue weighted by Crippen LogP contribution is -2.58. The van der Waals surface area contributed by atoms with Gasteiger partial charge in [0.2, 0.25) is 23.6 Å². The molecule has 16 heteroatoms. The molecule has 0 spiro atoms. The molecule has 1 heterocycles. The van der Waals surface area contributed by atoms with E-state index >= 15 is 0 Å². The number of hydrogen-bond acceptors (Lipinski definition) is 8. The van der Waals surface area contributed by atoms with Crippen molar-refractivity contribution in [2.45, 2.75) is 56.3 Å². The molecule has 46 heavy (non-hydrogen) atoms. The summed E-state index contributed by atoms with van der Waals surface area (Å²) in [4.78, 5) is 70.2. The predicted molar refractivity (Wildman–Crippen MR) is 169 cm³/mol. The molecule has 0 bridgehead atoms. The van der Waals surface area contributed by atoms with Gasteiger partial charge in [0.15, 0.2) is 5.96 Å². The molecule has 3 rings (SSSR count). The first kappa shape index (κ1) is 34.8. The standard InChI is InChI=1S/C30H39N9O7/c31-20(13-17-15-36-21-5-2-1-4-19(17)21)26(42)37-22(6-3-11-35-30(33)34)27(43)38-23(12-16-7-9-18(40)10-8-16)28(44)39-24(29(45)46)14-25(32)41/h1-2,4-5,7-10,15,20,22-24,36,40H,3,6,11-14,31H2,(H2,32,41)(H,37,42)(H,38,43)(H,39,44)(H,45,46)(H4,33,34,35). The van der Waals surface area contributed by atoms with Crippen LogP contribution in [0.3, 0.4) is 0 Å². The van der Waals surface area contributed by atoms with Gasteiger partial charge in [-0.15, -0.1) is 0 Å². The van der Waals surface area contributed by atoms with Gasteiger partial charge in [-0.2, -0.15) is 0 Å².